The normalized spacial score (nSPS) is 12.6. The third-order valence-corrected chi connectivity index (χ3v) is 2.55. The Labute approximate surface area is 93.7 Å². The molecule has 0 spiro atoms. The fourth-order valence-corrected chi connectivity index (χ4v) is 1.49. The molecule has 84 valence electrons. The van der Waals surface area contributed by atoms with Crippen molar-refractivity contribution in [2.24, 2.45) is 0 Å². The minimum absolute atomic E-state index is 0.202. The second-order valence-electron chi connectivity index (χ2n) is 3.76. The maximum absolute atomic E-state index is 12.7. The van der Waals surface area contributed by atoms with Gasteiger partial charge in [0.15, 0.2) is 0 Å². The molecule has 2 N–H and O–H groups in total. The van der Waals surface area contributed by atoms with E-state index in [9.17, 15) is 4.39 Å². The van der Waals surface area contributed by atoms with E-state index in [4.69, 9.17) is 0 Å². The number of halogens is 1. The average molecular weight is 219 g/mol. The van der Waals surface area contributed by atoms with Crippen LogP contribution >= 0.6 is 0 Å². The predicted octanol–water partition coefficient (Wildman–Crippen LogP) is 2.40. The van der Waals surface area contributed by atoms with Gasteiger partial charge in [-0.15, -0.1) is 0 Å². The highest BCUT2D eigenvalue weighted by atomic mass is 19.1. The minimum Gasteiger partial charge on any atom is -0.306 e. The molecule has 16 heavy (non-hydrogen) atoms. The van der Waals surface area contributed by atoms with Crippen molar-refractivity contribution in [3.8, 4) is 0 Å². The van der Waals surface area contributed by atoms with Gasteiger partial charge in [0.05, 0.1) is 6.20 Å². The first-order valence-electron chi connectivity index (χ1n) is 5.22. The summed E-state index contributed by atoms with van der Waals surface area (Å²) in [5.74, 6) is -0.202. The first-order valence-corrected chi connectivity index (χ1v) is 5.22. The van der Waals surface area contributed by atoms with Gasteiger partial charge in [-0.3, -0.25) is 5.10 Å². The van der Waals surface area contributed by atoms with Gasteiger partial charge >= 0.3 is 0 Å². The summed E-state index contributed by atoms with van der Waals surface area (Å²) in [6, 6.07) is 6.73. The average Bonchev–Trinajstić information content (AvgIpc) is 2.81. The van der Waals surface area contributed by atoms with Crippen molar-refractivity contribution in [3.05, 3.63) is 53.6 Å². The van der Waals surface area contributed by atoms with Gasteiger partial charge in [-0.1, -0.05) is 12.1 Å². The topological polar surface area (TPSA) is 40.7 Å². The fourth-order valence-electron chi connectivity index (χ4n) is 1.49. The van der Waals surface area contributed by atoms with E-state index < -0.39 is 0 Å². The van der Waals surface area contributed by atoms with E-state index in [1.54, 1.807) is 18.3 Å². The second-order valence-corrected chi connectivity index (χ2v) is 3.76. The molecule has 0 saturated heterocycles. The molecular weight excluding hydrogens is 205 g/mol. The van der Waals surface area contributed by atoms with Crippen LogP contribution in [0.3, 0.4) is 0 Å². The first kappa shape index (κ1) is 10.8. The van der Waals surface area contributed by atoms with E-state index in [-0.39, 0.29) is 11.9 Å². The summed E-state index contributed by atoms with van der Waals surface area (Å²) < 4.78 is 12.7. The maximum Gasteiger partial charge on any atom is 0.123 e. The third kappa shape index (κ3) is 2.67. The van der Waals surface area contributed by atoms with Crippen molar-refractivity contribution < 1.29 is 4.39 Å². The molecule has 3 nitrogen and oxygen atoms in total. The Morgan fingerprint density at radius 1 is 1.38 bits per heavy atom. The van der Waals surface area contributed by atoms with Crippen molar-refractivity contribution >= 4 is 0 Å². The van der Waals surface area contributed by atoms with Crippen LogP contribution in [-0.2, 0) is 6.54 Å². The largest absolute Gasteiger partial charge is 0.306 e. The molecule has 1 atom stereocenters. The summed E-state index contributed by atoms with van der Waals surface area (Å²) in [7, 11) is 0. The molecule has 0 aliphatic heterocycles. The van der Waals surface area contributed by atoms with E-state index in [0.29, 0.717) is 6.54 Å². The molecule has 2 aromatic rings. The summed E-state index contributed by atoms with van der Waals surface area (Å²) in [5.41, 5.74) is 2.18. The summed E-state index contributed by atoms with van der Waals surface area (Å²) in [6.07, 6.45) is 3.66. The number of aromatic amines is 1. The SMILES string of the molecule is CC(NCc1ccc(F)cc1)c1cn[nH]c1. The van der Waals surface area contributed by atoms with E-state index in [1.165, 1.54) is 12.1 Å². The van der Waals surface area contributed by atoms with E-state index >= 15 is 0 Å². The standard InChI is InChI=1S/C12H14FN3/c1-9(11-7-15-16-8-11)14-6-10-2-4-12(13)5-3-10/h2-5,7-9,14H,6H2,1H3,(H,15,16). The summed E-state index contributed by atoms with van der Waals surface area (Å²) in [6.45, 7) is 2.78. The van der Waals surface area contributed by atoms with Crippen LogP contribution in [0, 0.1) is 5.82 Å². The molecule has 4 heteroatoms. The molecule has 2 rings (SSSR count). The van der Waals surface area contributed by atoms with Crippen LogP contribution in [0.5, 0.6) is 0 Å². The van der Waals surface area contributed by atoms with Crippen molar-refractivity contribution in [1.82, 2.24) is 15.5 Å². The Bertz CT molecular complexity index is 422. The maximum atomic E-state index is 12.7. The Morgan fingerprint density at radius 3 is 2.75 bits per heavy atom. The molecule has 0 bridgehead atoms. The molecule has 1 heterocycles. The van der Waals surface area contributed by atoms with Crippen molar-refractivity contribution in [1.29, 1.82) is 0 Å². The van der Waals surface area contributed by atoms with Crippen LogP contribution in [0.25, 0.3) is 0 Å². The zero-order valence-electron chi connectivity index (χ0n) is 9.07. The summed E-state index contributed by atoms with van der Waals surface area (Å²) in [4.78, 5) is 0. The lowest BCUT2D eigenvalue weighted by Crippen LogP contribution is -2.17. The van der Waals surface area contributed by atoms with E-state index in [1.807, 2.05) is 6.20 Å². The number of nitrogens with zero attached hydrogens (tertiary/aromatic N) is 1. The highest BCUT2D eigenvalue weighted by Gasteiger charge is 2.05. The molecule has 0 fully saturated rings. The third-order valence-electron chi connectivity index (χ3n) is 2.55. The molecular formula is C12H14FN3. The number of H-pyrrole nitrogens is 1. The van der Waals surface area contributed by atoms with E-state index in [2.05, 4.69) is 22.4 Å². The first-order chi connectivity index (χ1) is 7.75. The summed E-state index contributed by atoms with van der Waals surface area (Å²) in [5, 5.41) is 10.0. The molecule has 0 amide bonds. The zero-order valence-corrected chi connectivity index (χ0v) is 9.07. The van der Waals surface area contributed by atoms with Crippen LogP contribution in [0.15, 0.2) is 36.7 Å². The Hall–Kier alpha value is -1.68. The lowest BCUT2D eigenvalue weighted by molar-refractivity contribution is 0.573. The fraction of sp³-hybridized carbons (Fsp3) is 0.250. The number of benzene rings is 1. The van der Waals surface area contributed by atoms with Crippen LogP contribution in [0.4, 0.5) is 4.39 Å². The number of rotatable bonds is 4. The Morgan fingerprint density at radius 2 is 2.12 bits per heavy atom. The minimum atomic E-state index is -0.202. The van der Waals surface area contributed by atoms with Crippen molar-refractivity contribution in [3.63, 3.8) is 0 Å². The highest BCUT2D eigenvalue weighted by Crippen LogP contribution is 2.10. The van der Waals surface area contributed by atoms with Gasteiger partial charge in [0.1, 0.15) is 5.82 Å². The second kappa shape index (κ2) is 4.90. The van der Waals surface area contributed by atoms with Crippen LogP contribution < -0.4 is 5.32 Å². The van der Waals surface area contributed by atoms with Gasteiger partial charge in [-0.2, -0.15) is 5.10 Å². The lowest BCUT2D eigenvalue weighted by atomic mass is 10.1. The zero-order chi connectivity index (χ0) is 11.4. The van der Waals surface area contributed by atoms with Gasteiger partial charge in [-0.05, 0) is 24.6 Å². The quantitative estimate of drug-likeness (QED) is 0.829. The number of hydrogen-bond donors (Lipinski definition) is 2. The summed E-state index contributed by atoms with van der Waals surface area (Å²) >= 11 is 0. The Balaban J connectivity index is 1.90. The van der Waals surface area contributed by atoms with Crippen molar-refractivity contribution in [2.75, 3.05) is 0 Å². The lowest BCUT2D eigenvalue weighted by Gasteiger charge is -2.11. The predicted molar refractivity (Wildman–Crippen MR) is 60.2 cm³/mol. The smallest absolute Gasteiger partial charge is 0.123 e. The number of hydrogen-bond acceptors (Lipinski definition) is 2. The van der Waals surface area contributed by atoms with Crippen LogP contribution in [0.2, 0.25) is 0 Å². The molecule has 1 aromatic carbocycles. The van der Waals surface area contributed by atoms with Crippen molar-refractivity contribution in [2.45, 2.75) is 19.5 Å². The number of aromatic nitrogens is 2. The van der Waals surface area contributed by atoms with Gasteiger partial charge in [0, 0.05) is 24.3 Å². The molecule has 0 radical (unpaired) electrons. The van der Waals surface area contributed by atoms with Crippen LogP contribution in [0.1, 0.15) is 24.1 Å². The molecule has 0 saturated carbocycles. The molecule has 1 aromatic heterocycles. The molecule has 0 aliphatic carbocycles. The highest BCUT2D eigenvalue weighted by molar-refractivity contribution is 5.16. The van der Waals surface area contributed by atoms with Gasteiger partial charge in [-0.25, -0.2) is 4.39 Å². The monoisotopic (exact) mass is 219 g/mol. The number of nitrogens with one attached hydrogen (secondary N) is 2. The molecule has 1 unspecified atom stereocenters. The van der Waals surface area contributed by atoms with Crippen LogP contribution in [-0.4, -0.2) is 10.2 Å². The van der Waals surface area contributed by atoms with Gasteiger partial charge < -0.3 is 5.32 Å². The van der Waals surface area contributed by atoms with E-state index in [0.717, 1.165) is 11.1 Å². The molecule has 0 aliphatic rings. The van der Waals surface area contributed by atoms with Gasteiger partial charge in [0.2, 0.25) is 0 Å². The van der Waals surface area contributed by atoms with Gasteiger partial charge in [0.25, 0.3) is 0 Å². The Kier molecular flexibility index (Phi) is 3.31.